The van der Waals surface area contributed by atoms with Gasteiger partial charge in [0.05, 0.1) is 42.3 Å². The molecule has 2 aromatic carbocycles. The molecule has 0 saturated carbocycles. The molecule has 0 bridgehead atoms. The molecular weight excluding hydrogens is 438 g/mol. The number of hydrogen-bond acceptors (Lipinski definition) is 5. The number of amides is 1. The summed E-state index contributed by atoms with van der Waals surface area (Å²) < 4.78 is 0. The first-order valence-electron chi connectivity index (χ1n) is 10.8. The molecule has 0 aliphatic carbocycles. The maximum Gasteiger partial charge on any atom is 0.240 e. The van der Waals surface area contributed by atoms with Crippen LogP contribution < -0.4 is 0 Å². The predicted molar refractivity (Wildman–Crippen MR) is 124 cm³/mol. The minimum Gasteiger partial charge on any atom is -0.347 e. The van der Waals surface area contributed by atoms with Crippen molar-refractivity contribution in [3.8, 4) is 6.07 Å². The highest BCUT2D eigenvalue weighted by Crippen LogP contribution is 2.30. The van der Waals surface area contributed by atoms with Crippen LogP contribution in [0.3, 0.4) is 0 Å². The topological polar surface area (TPSA) is 93.1 Å². The van der Waals surface area contributed by atoms with E-state index in [2.05, 4.69) is 16.0 Å². The molecule has 33 heavy (non-hydrogen) atoms. The molecule has 1 aliphatic heterocycles. The third-order valence-corrected chi connectivity index (χ3v) is 6.24. The summed E-state index contributed by atoms with van der Waals surface area (Å²) in [7, 11) is 0. The lowest BCUT2D eigenvalue weighted by atomic mass is 9.99. The third kappa shape index (κ3) is 5.30. The number of rotatable bonds is 9. The largest absolute Gasteiger partial charge is 0.347 e. The maximum absolute atomic E-state index is 13.4. The molecular formula is C25H24ClN5O2. The summed E-state index contributed by atoms with van der Waals surface area (Å²) in [4.78, 5) is 36.1. The number of nitriles is 1. The van der Waals surface area contributed by atoms with Crippen LogP contribution in [0.4, 0.5) is 0 Å². The number of aldehydes is 1. The Hall–Kier alpha value is -3.47. The summed E-state index contributed by atoms with van der Waals surface area (Å²) in [5, 5.41) is 9.72. The SMILES string of the molecule is N#Cc1ccc(CC(c2cnc[nH]2)N(CC=O)C2CCN(Cc3cccc(Cl)c3)C2=O)cc1. The number of nitrogens with one attached hydrogen (secondary N) is 1. The molecule has 0 radical (unpaired) electrons. The molecule has 3 aromatic rings. The van der Waals surface area contributed by atoms with Gasteiger partial charge in [-0.05, 0) is 48.2 Å². The third-order valence-electron chi connectivity index (χ3n) is 6.01. The molecule has 8 heteroatoms. The van der Waals surface area contributed by atoms with Gasteiger partial charge in [-0.25, -0.2) is 4.98 Å². The Morgan fingerprint density at radius 1 is 1.27 bits per heavy atom. The molecule has 1 aliphatic rings. The molecule has 1 N–H and O–H groups in total. The Labute approximate surface area is 197 Å². The second-order valence-corrected chi connectivity index (χ2v) is 8.53. The smallest absolute Gasteiger partial charge is 0.240 e. The van der Waals surface area contributed by atoms with Crippen molar-refractivity contribution in [1.29, 1.82) is 5.26 Å². The monoisotopic (exact) mass is 461 g/mol. The van der Waals surface area contributed by atoms with Gasteiger partial charge in [0.25, 0.3) is 0 Å². The lowest BCUT2D eigenvalue weighted by Crippen LogP contribution is -2.45. The van der Waals surface area contributed by atoms with Crippen molar-refractivity contribution in [2.75, 3.05) is 13.1 Å². The Balaban J connectivity index is 1.57. The number of H-pyrrole nitrogens is 1. The average Bonchev–Trinajstić information content (AvgIpc) is 3.48. The van der Waals surface area contributed by atoms with Crippen LogP contribution in [-0.4, -0.2) is 51.1 Å². The van der Waals surface area contributed by atoms with Crippen molar-refractivity contribution >= 4 is 23.8 Å². The average molecular weight is 462 g/mol. The number of carbonyl (C=O) groups is 2. The van der Waals surface area contributed by atoms with Gasteiger partial charge in [-0.2, -0.15) is 5.26 Å². The van der Waals surface area contributed by atoms with E-state index >= 15 is 0 Å². The second kappa shape index (κ2) is 10.4. The van der Waals surface area contributed by atoms with E-state index in [0.29, 0.717) is 36.5 Å². The first kappa shape index (κ1) is 22.7. The second-order valence-electron chi connectivity index (χ2n) is 8.09. The normalized spacial score (nSPS) is 16.7. The highest BCUT2D eigenvalue weighted by molar-refractivity contribution is 6.30. The van der Waals surface area contributed by atoms with E-state index in [1.165, 1.54) is 0 Å². The Morgan fingerprint density at radius 3 is 2.76 bits per heavy atom. The van der Waals surface area contributed by atoms with Crippen LogP contribution in [0.25, 0.3) is 0 Å². The molecule has 4 rings (SSSR count). The Bertz CT molecular complexity index is 1140. The number of benzene rings is 2. The fraction of sp³-hybridized carbons (Fsp3) is 0.280. The van der Waals surface area contributed by atoms with Crippen molar-refractivity contribution in [2.24, 2.45) is 0 Å². The molecule has 2 atom stereocenters. The van der Waals surface area contributed by atoms with Gasteiger partial charge in [-0.15, -0.1) is 0 Å². The van der Waals surface area contributed by atoms with Crippen molar-refractivity contribution < 1.29 is 9.59 Å². The van der Waals surface area contributed by atoms with Gasteiger partial charge in [-0.3, -0.25) is 9.69 Å². The van der Waals surface area contributed by atoms with Crippen molar-refractivity contribution in [1.82, 2.24) is 19.8 Å². The van der Waals surface area contributed by atoms with Crippen LogP contribution in [0.1, 0.15) is 34.8 Å². The number of carbonyl (C=O) groups excluding carboxylic acids is 2. The zero-order valence-corrected chi connectivity index (χ0v) is 18.8. The van der Waals surface area contributed by atoms with Crippen LogP contribution >= 0.6 is 11.6 Å². The molecule has 7 nitrogen and oxygen atoms in total. The summed E-state index contributed by atoms with van der Waals surface area (Å²) in [6.07, 6.45) is 5.37. The van der Waals surface area contributed by atoms with Crippen LogP contribution in [0, 0.1) is 11.3 Å². The Morgan fingerprint density at radius 2 is 2.09 bits per heavy atom. The summed E-state index contributed by atoms with van der Waals surface area (Å²) in [6, 6.07) is 16.3. The standard InChI is InChI=1S/C25H24ClN5O2/c26-21-3-1-2-20(12-21)16-30-9-8-23(25(30)33)31(10-11-32)24(22-15-28-17-29-22)13-18-4-6-19(14-27)7-5-18/h1-7,11-12,15,17,23-24H,8-10,13,16H2,(H,28,29). The summed E-state index contributed by atoms with van der Waals surface area (Å²) in [5.74, 6) is 0.00108. The van der Waals surface area contributed by atoms with E-state index in [1.807, 2.05) is 46.2 Å². The molecule has 1 aromatic heterocycles. The number of aromatic nitrogens is 2. The first-order valence-corrected chi connectivity index (χ1v) is 11.2. The van der Waals surface area contributed by atoms with E-state index in [4.69, 9.17) is 16.9 Å². The predicted octanol–water partition coefficient (Wildman–Crippen LogP) is 3.52. The van der Waals surface area contributed by atoms with Crippen LogP contribution in [0.2, 0.25) is 5.02 Å². The summed E-state index contributed by atoms with van der Waals surface area (Å²) in [6.45, 7) is 1.22. The molecule has 1 fully saturated rings. The number of imidazole rings is 1. The minimum atomic E-state index is -0.416. The molecule has 0 spiro atoms. The van der Waals surface area contributed by atoms with Gasteiger partial charge in [-0.1, -0.05) is 35.9 Å². The lowest BCUT2D eigenvalue weighted by molar-refractivity contribution is -0.133. The van der Waals surface area contributed by atoms with E-state index in [1.54, 1.807) is 24.7 Å². The Kier molecular flexibility index (Phi) is 7.18. The quantitative estimate of drug-likeness (QED) is 0.492. The molecule has 1 amide bonds. The maximum atomic E-state index is 13.4. The van der Waals surface area contributed by atoms with Gasteiger partial charge in [0.15, 0.2) is 0 Å². The van der Waals surface area contributed by atoms with Crippen LogP contribution in [0.15, 0.2) is 61.1 Å². The number of likely N-dealkylation sites (tertiary alicyclic amines) is 1. The first-order chi connectivity index (χ1) is 16.1. The highest BCUT2D eigenvalue weighted by atomic mass is 35.5. The summed E-state index contributed by atoms with van der Waals surface area (Å²) in [5.41, 5.74) is 3.40. The zero-order valence-electron chi connectivity index (χ0n) is 18.0. The fourth-order valence-electron chi connectivity index (χ4n) is 4.39. The van der Waals surface area contributed by atoms with Gasteiger partial charge in [0, 0.05) is 24.3 Å². The lowest BCUT2D eigenvalue weighted by Gasteiger charge is -2.33. The molecule has 168 valence electrons. The highest BCUT2D eigenvalue weighted by Gasteiger charge is 2.39. The van der Waals surface area contributed by atoms with Crippen molar-refractivity contribution in [3.05, 3.63) is 88.5 Å². The zero-order chi connectivity index (χ0) is 23.2. The summed E-state index contributed by atoms with van der Waals surface area (Å²) >= 11 is 6.10. The van der Waals surface area contributed by atoms with Crippen LogP contribution in [-0.2, 0) is 22.6 Å². The molecule has 2 unspecified atom stereocenters. The van der Waals surface area contributed by atoms with E-state index in [-0.39, 0.29) is 18.5 Å². The number of aromatic amines is 1. The molecule has 2 heterocycles. The number of hydrogen-bond donors (Lipinski definition) is 1. The molecule has 1 saturated heterocycles. The fourth-order valence-corrected chi connectivity index (χ4v) is 4.61. The van der Waals surface area contributed by atoms with E-state index in [9.17, 15) is 9.59 Å². The number of halogens is 1. The van der Waals surface area contributed by atoms with Gasteiger partial charge in [0.2, 0.25) is 5.91 Å². The minimum absolute atomic E-state index is 0.00108. The van der Waals surface area contributed by atoms with Crippen molar-refractivity contribution in [2.45, 2.75) is 31.5 Å². The van der Waals surface area contributed by atoms with Crippen LogP contribution in [0.5, 0.6) is 0 Å². The van der Waals surface area contributed by atoms with E-state index < -0.39 is 6.04 Å². The van der Waals surface area contributed by atoms with Gasteiger partial charge >= 0.3 is 0 Å². The van der Waals surface area contributed by atoms with E-state index in [0.717, 1.165) is 23.1 Å². The van der Waals surface area contributed by atoms with Crippen molar-refractivity contribution in [3.63, 3.8) is 0 Å². The number of nitrogens with zero attached hydrogens (tertiary/aromatic N) is 4. The van der Waals surface area contributed by atoms with Gasteiger partial charge < -0.3 is 14.7 Å². The van der Waals surface area contributed by atoms with Gasteiger partial charge in [0.1, 0.15) is 6.29 Å².